The minimum Gasteiger partial charge on any atom is -0.481 e. The normalized spacial score (nSPS) is 14.2. The molecule has 24 heavy (non-hydrogen) atoms. The first kappa shape index (κ1) is 22.5. The van der Waals surface area contributed by atoms with E-state index in [1.54, 1.807) is 6.92 Å². The fourth-order valence-corrected chi connectivity index (χ4v) is 2.17. The van der Waals surface area contributed by atoms with Crippen LogP contribution in [0.1, 0.15) is 6.92 Å². The highest BCUT2D eigenvalue weighted by Crippen LogP contribution is 2.03. The van der Waals surface area contributed by atoms with Gasteiger partial charge in [-0.15, -0.1) is 0 Å². The van der Waals surface area contributed by atoms with E-state index in [0.717, 1.165) is 0 Å². The fourth-order valence-electron chi connectivity index (χ4n) is 1.54. The number of hydrogen-bond donors (Lipinski definition) is 6. The molecule has 0 aromatic heterocycles. The molecule has 138 valence electrons. The lowest BCUT2D eigenvalue weighted by Crippen LogP contribution is -2.45. The Bertz CT molecular complexity index is 462. The van der Waals surface area contributed by atoms with Gasteiger partial charge in [0.1, 0.15) is 11.8 Å². The first-order chi connectivity index (χ1) is 11.3. The quantitative estimate of drug-likeness (QED) is 0.142. The van der Waals surface area contributed by atoms with Crippen LogP contribution in [0.2, 0.25) is 0 Å². The van der Waals surface area contributed by atoms with E-state index in [9.17, 15) is 24.3 Å². The number of aliphatic hydroxyl groups excluding tert-OH is 1. The van der Waals surface area contributed by atoms with E-state index >= 15 is 0 Å². The van der Waals surface area contributed by atoms with Crippen LogP contribution in [0.25, 0.3) is 0 Å². The van der Waals surface area contributed by atoms with Crippen LogP contribution >= 0.6 is 25.3 Å². The van der Waals surface area contributed by atoms with Gasteiger partial charge in [0.2, 0.25) is 11.8 Å². The maximum Gasteiger partial charge on any atom is 0.319 e. The molecule has 0 aliphatic rings. The van der Waals surface area contributed by atoms with E-state index in [4.69, 9.17) is 9.84 Å². The van der Waals surface area contributed by atoms with Gasteiger partial charge >= 0.3 is 11.9 Å². The largest absolute Gasteiger partial charge is 0.481 e. The summed E-state index contributed by atoms with van der Waals surface area (Å²) in [5.74, 6) is -6.16. The summed E-state index contributed by atoms with van der Waals surface area (Å²) in [5, 5.41) is 23.1. The van der Waals surface area contributed by atoms with Crippen LogP contribution in [0.15, 0.2) is 0 Å². The van der Waals surface area contributed by atoms with Crippen molar-refractivity contribution in [2.45, 2.75) is 13.0 Å². The topological polar surface area (TPSA) is 142 Å². The molecular formula is C13H22N2O7S2. The minimum atomic E-state index is -1.33. The van der Waals surface area contributed by atoms with Crippen molar-refractivity contribution in [3.05, 3.63) is 0 Å². The van der Waals surface area contributed by atoms with Crippen LogP contribution in [-0.2, 0) is 23.9 Å². The number of nitrogens with one attached hydrogen (secondary N) is 2. The second-order valence-electron chi connectivity index (χ2n) is 4.70. The van der Waals surface area contributed by atoms with Crippen molar-refractivity contribution in [1.29, 1.82) is 0 Å². The van der Waals surface area contributed by atoms with E-state index in [1.807, 2.05) is 0 Å². The monoisotopic (exact) mass is 382 g/mol. The van der Waals surface area contributed by atoms with Crippen molar-refractivity contribution in [1.82, 2.24) is 10.6 Å². The van der Waals surface area contributed by atoms with Gasteiger partial charge < -0.3 is 25.6 Å². The Hall–Kier alpha value is -1.46. The van der Waals surface area contributed by atoms with E-state index in [1.165, 1.54) is 0 Å². The summed E-state index contributed by atoms with van der Waals surface area (Å²) >= 11 is 7.67. The average Bonchev–Trinajstić information content (AvgIpc) is 2.52. The lowest BCUT2D eigenvalue weighted by Gasteiger charge is -2.17. The van der Waals surface area contributed by atoms with Crippen molar-refractivity contribution < 1.29 is 34.1 Å². The number of amides is 2. The standard InChI is InChI=1S/C13H22N2O7S2/c1-2-22-13(21)9(6-24)11(18)15-4-7(16)3-14-10(17)8(5-23)12(19)20/h7-9,16,23-24H,2-6H2,1H3,(H,14,17)(H,15,18)(H,19,20). The average molecular weight is 382 g/mol. The smallest absolute Gasteiger partial charge is 0.319 e. The molecule has 3 atom stereocenters. The number of carbonyl (C=O) groups excluding carboxylic acids is 3. The zero-order valence-corrected chi connectivity index (χ0v) is 14.9. The maximum atomic E-state index is 11.8. The highest BCUT2D eigenvalue weighted by molar-refractivity contribution is 7.80. The zero-order chi connectivity index (χ0) is 18.7. The van der Waals surface area contributed by atoms with Crippen LogP contribution in [0, 0.1) is 11.8 Å². The highest BCUT2D eigenvalue weighted by atomic mass is 32.1. The molecule has 0 radical (unpaired) electrons. The molecule has 0 spiro atoms. The number of carboxylic acids is 1. The molecule has 0 saturated heterocycles. The third-order valence-electron chi connectivity index (χ3n) is 2.89. The van der Waals surface area contributed by atoms with Crippen LogP contribution in [0.4, 0.5) is 0 Å². The molecule has 0 fully saturated rings. The molecule has 0 aromatic rings. The molecule has 0 heterocycles. The van der Waals surface area contributed by atoms with Gasteiger partial charge in [-0.2, -0.15) is 25.3 Å². The molecule has 0 bridgehead atoms. The van der Waals surface area contributed by atoms with Gasteiger partial charge in [-0.3, -0.25) is 19.2 Å². The summed E-state index contributed by atoms with van der Waals surface area (Å²) in [5.41, 5.74) is 0. The third-order valence-corrected chi connectivity index (χ3v) is 3.62. The summed E-state index contributed by atoms with van der Waals surface area (Å²) < 4.78 is 4.73. The predicted octanol–water partition coefficient (Wildman–Crippen LogP) is -1.68. The highest BCUT2D eigenvalue weighted by Gasteiger charge is 2.27. The zero-order valence-electron chi connectivity index (χ0n) is 13.1. The Morgan fingerprint density at radius 3 is 1.83 bits per heavy atom. The second-order valence-corrected chi connectivity index (χ2v) is 5.44. The van der Waals surface area contributed by atoms with Crippen LogP contribution in [0.3, 0.4) is 0 Å². The number of aliphatic hydroxyl groups is 1. The third kappa shape index (κ3) is 7.88. The van der Waals surface area contributed by atoms with E-state index in [2.05, 4.69) is 35.9 Å². The van der Waals surface area contributed by atoms with E-state index < -0.39 is 41.7 Å². The van der Waals surface area contributed by atoms with Gasteiger partial charge in [0, 0.05) is 24.6 Å². The van der Waals surface area contributed by atoms with Gasteiger partial charge in [0.25, 0.3) is 0 Å². The van der Waals surface area contributed by atoms with Crippen LogP contribution in [0.5, 0.6) is 0 Å². The Morgan fingerprint density at radius 2 is 1.46 bits per heavy atom. The lowest BCUT2D eigenvalue weighted by atomic mass is 10.1. The number of rotatable bonds is 11. The summed E-state index contributed by atoms with van der Waals surface area (Å²) in [4.78, 5) is 45.7. The number of aliphatic carboxylic acids is 1. The van der Waals surface area contributed by atoms with E-state index in [0.29, 0.717) is 0 Å². The van der Waals surface area contributed by atoms with Crippen molar-refractivity contribution in [3.8, 4) is 0 Å². The summed E-state index contributed by atoms with van der Waals surface area (Å²) in [6.45, 7) is 1.23. The van der Waals surface area contributed by atoms with Gasteiger partial charge in [-0.1, -0.05) is 0 Å². The van der Waals surface area contributed by atoms with Crippen molar-refractivity contribution in [2.24, 2.45) is 11.8 Å². The van der Waals surface area contributed by atoms with Gasteiger partial charge in [-0.25, -0.2) is 0 Å². The Kier molecular flexibility index (Phi) is 11.3. The number of carbonyl (C=O) groups is 4. The molecular weight excluding hydrogens is 360 g/mol. The number of ether oxygens (including phenoxy) is 1. The second kappa shape index (κ2) is 12.0. The number of esters is 1. The first-order valence-corrected chi connectivity index (χ1v) is 8.39. The molecule has 0 rings (SSSR count). The number of hydrogen-bond acceptors (Lipinski definition) is 8. The van der Waals surface area contributed by atoms with Gasteiger partial charge in [-0.05, 0) is 6.92 Å². The SMILES string of the molecule is CCOC(=O)C(CS)C(=O)NCC(O)CNC(=O)C(CS)C(=O)O. The maximum absolute atomic E-state index is 11.8. The lowest BCUT2D eigenvalue weighted by molar-refractivity contribution is -0.151. The molecule has 3 unspecified atom stereocenters. The molecule has 0 aliphatic heterocycles. The minimum absolute atomic E-state index is 0.0558. The van der Waals surface area contributed by atoms with Gasteiger partial charge in [0.05, 0.1) is 12.7 Å². The number of carboxylic acid groups (broad SMARTS) is 1. The molecule has 0 aromatic carbocycles. The number of thiol groups is 2. The molecule has 0 saturated carbocycles. The van der Waals surface area contributed by atoms with Crippen LogP contribution < -0.4 is 10.6 Å². The summed E-state index contributed by atoms with van der Waals surface area (Å²) in [7, 11) is 0. The Balaban J connectivity index is 4.31. The molecule has 4 N–H and O–H groups in total. The molecule has 0 aliphatic carbocycles. The fraction of sp³-hybridized carbons (Fsp3) is 0.692. The van der Waals surface area contributed by atoms with Gasteiger partial charge in [0.15, 0.2) is 0 Å². The van der Waals surface area contributed by atoms with E-state index in [-0.39, 0.29) is 31.2 Å². The Labute approximate surface area is 150 Å². The predicted molar refractivity (Wildman–Crippen MR) is 91.0 cm³/mol. The van der Waals surface area contributed by atoms with Crippen molar-refractivity contribution in [3.63, 3.8) is 0 Å². The summed E-state index contributed by atoms with van der Waals surface area (Å²) in [6, 6.07) is 0. The summed E-state index contributed by atoms with van der Waals surface area (Å²) in [6.07, 6.45) is -1.16. The molecule has 11 heteroatoms. The van der Waals surface area contributed by atoms with Crippen molar-refractivity contribution >= 4 is 49.0 Å². The van der Waals surface area contributed by atoms with Crippen molar-refractivity contribution in [2.75, 3.05) is 31.2 Å². The molecule has 2 amide bonds. The Morgan fingerprint density at radius 1 is 1.00 bits per heavy atom. The first-order valence-electron chi connectivity index (χ1n) is 7.13. The van der Waals surface area contributed by atoms with Crippen LogP contribution in [-0.4, -0.2) is 71.3 Å². The molecule has 9 nitrogen and oxygen atoms in total.